The quantitative estimate of drug-likeness (QED) is 0.776. The zero-order chi connectivity index (χ0) is 17.1. The maximum atomic E-state index is 12.4. The number of nitrogens with zero attached hydrogens (tertiary/aromatic N) is 1. The van der Waals surface area contributed by atoms with Crippen LogP contribution < -0.4 is 0 Å². The Kier molecular flexibility index (Phi) is 3.75. The summed E-state index contributed by atoms with van der Waals surface area (Å²) < 4.78 is 0. The van der Waals surface area contributed by atoms with Gasteiger partial charge in [0.25, 0.3) is 0 Å². The second kappa shape index (κ2) is 5.58. The zero-order valence-corrected chi connectivity index (χ0v) is 14.2. The SMILES string of the molecule is CC1C(C2(C(=O)O)C=CC3CCC(C(=O)O)C3C2)C2CCN1CC2. The number of allylic oxidation sites excluding steroid dienone is 1. The summed E-state index contributed by atoms with van der Waals surface area (Å²) in [6.45, 7) is 4.32. The van der Waals surface area contributed by atoms with Crippen LogP contribution in [0.5, 0.6) is 0 Å². The minimum absolute atomic E-state index is 0.0220. The third kappa shape index (κ3) is 2.17. The molecular formula is C19H27NO4. The maximum Gasteiger partial charge on any atom is 0.313 e. The summed E-state index contributed by atoms with van der Waals surface area (Å²) in [6, 6.07) is 0.263. The van der Waals surface area contributed by atoms with Gasteiger partial charge < -0.3 is 15.1 Å². The Hall–Kier alpha value is -1.36. The standard InChI is InChI=1S/C19H27NO4/c1-11-16(13-5-8-20(11)9-6-13)19(18(23)24)7-4-12-2-3-14(17(21)22)15(12)10-19/h4,7,11-16H,2-3,5-6,8-10H2,1H3,(H,21,22)(H,23,24). The molecule has 0 aromatic heterocycles. The van der Waals surface area contributed by atoms with E-state index >= 15 is 0 Å². The van der Waals surface area contributed by atoms with Crippen LogP contribution in [0.1, 0.15) is 39.0 Å². The molecule has 0 amide bonds. The van der Waals surface area contributed by atoms with Crippen molar-refractivity contribution in [1.82, 2.24) is 4.90 Å². The van der Waals surface area contributed by atoms with Gasteiger partial charge in [-0.2, -0.15) is 0 Å². The fourth-order valence-electron chi connectivity index (χ4n) is 6.40. The molecule has 4 fully saturated rings. The molecule has 5 nitrogen and oxygen atoms in total. The van der Waals surface area contributed by atoms with Crippen molar-refractivity contribution in [2.45, 2.75) is 45.1 Å². The van der Waals surface area contributed by atoms with E-state index in [1.807, 2.05) is 6.08 Å². The van der Waals surface area contributed by atoms with Crippen LogP contribution in [-0.2, 0) is 9.59 Å². The Bertz CT molecular complexity index is 578. The van der Waals surface area contributed by atoms with Gasteiger partial charge in [0.2, 0.25) is 0 Å². The van der Waals surface area contributed by atoms with E-state index in [2.05, 4.69) is 17.9 Å². The number of rotatable bonds is 3. The lowest BCUT2D eigenvalue weighted by Gasteiger charge is -2.56. The number of fused-ring (bicyclic) bond motifs is 4. The summed E-state index contributed by atoms with van der Waals surface area (Å²) in [5.41, 5.74) is -0.887. The van der Waals surface area contributed by atoms with E-state index in [0.717, 1.165) is 32.4 Å². The summed E-state index contributed by atoms with van der Waals surface area (Å²) in [5, 5.41) is 19.8. The molecule has 6 atom stereocenters. The average molecular weight is 333 g/mol. The van der Waals surface area contributed by atoms with Gasteiger partial charge in [-0.1, -0.05) is 12.2 Å². The van der Waals surface area contributed by atoms with Gasteiger partial charge in [-0.15, -0.1) is 0 Å². The Morgan fingerprint density at radius 3 is 2.42 bits per heavy atom. The second-order valence-electron chi connectivity index (χ2n) is 8.40. The van der Waals surface area contributed by atoms with E-state index < -0.39 is 17.4 Å². The molecule has 0 aromatic carbocycles. The van der Waals surface area contributed by atoms with Crippen molar-refractivity contribution >= 4 is 11.9 Å². The Labute approximate surface area is 142 Å². The van der Waals surface area contributed by atoms with Crippen molar-refractivity contribution in [2.75, 3.05) is 13.1 Å². The number of piperidine rings is 3. The van der Waals surface area contributed by atoms with E-state index in [4.69, 9.17) is 0 Å². The fourth-order valence-corrected chi connectivity index (χ4v) is 6.40. The first-order valence-corrected chi connectivity index (χ1v) is 9.33. The molecule has 132 valence electrons. The predicted octanol–water partition coefficient (Wildman–Crippen LogP) is 2.47. The lowest BCUT2D eigenvalue weighted by atomic mass is 9.55. The molecule has 3 heterocycles. The highest BCUT2D eigenvalue weighted by Crippen LogP contribution is 2.56. The number of carbonyl (C=O) groups is 2. The number of hydrogen-bond acceptors (Lipinski definition) is 3. The van der Waals surface area contributed by atoms with Gasteiger partial charge in [0, 0.05) is 6.04 Å². The van der Waals surface area contributed by atoms with Crippen LogP contribution in [0, 0.1) is 35.0 Å². The van der Waals surface area contributed by atoms with Crippen molar-refractivity contribution in [3.05, 3.63) is 12.2 Å². The van der Waals surface area contributed by atoms with E-state index in [1.54, 1.807) is 0 Å². The van der Waals surface area contributed by atoms with Crippen molar-refractivity contribution in [1.29, 1.82) is 0 Å². The molecule has 5 aliphatic rings. The molecule has 3 aliphatic heterocycles. The molecule has 0 spiro atoms. The third-order valence-corrected chi connectivity index (χ3v) is 7.58. The van der Waals surface area contributed by atoms with Gasteiger partial charge in [-0.05, 0) is 75.8 Å². The monoisotopic (exact) mass is 333 g/mol. The van der Waals surface area contributed by atoms with Gasteiger partial charge in [0.1, 0.15) is 0 Å². The zero-order valence-electron chi connectivity index (χ0n) is 14.2. The smallest absolute Gasteiger partial charge is 0.313 e. The van der Waals surface area contributed by atoms with E-state index in [1.165, 1.54) is 0 Å². The lowest BCUT2D eigenvalue weighted by Crippen LogP contribution is -2.61. The molecule has 5 heteroatoms. The largest absolute Gasteiger partial charge is 0.481 e. The molecule has 0 radical (unpaired) electrons. The molecule has 2 N–H and O–H groups in total. The lowest BCUT2D eigenvalue weighted by molar-refractivity contribution is -0.162. The fraction of sp³-hybridized carbons (Fsp3) is 0.789. The molecule has 6 unspecified atom stereocenters. The van der Waals surface area contributed by atoms with Crippen LogP contribution in [0.15, 0.2) is 12.2 Å². The minimum Gasteiger partial charge on any atom is -0.481 e. The molecule has 5 rings (SSSR count). The normalized spacial score (nSPS) is 49.8. The Morgan fingerprint density at radius 1 is 1.12 bits per heavy atom. The summed E-state index contributed by atoms with van der Waals surface area (Å²) in [7, 11) is 0. The first kappa shape index (κ1) is 16.1. The van der Waals surface area contributed by atoms with Crippen molar-refractivity contribution in [3.63, 3.8) is 0 Å². The number of hydrogen-bond donors (Lipinski definition) is 2. The van der Waals surface area contributed by atoms with Crippen molar-refractivity contribution in [2.24, 2.45) is 35.0 Å². The average Bonchev–Trinajstić information content (AvgIpc) is 2.98. The highest BCUT2D eigenvalue weighted by Gasteiger charge is 2.58. The summed E-state index contributed by atoms with van der Waals surface area (Å²) in [4.78, 5) is 26.5. The van der Waals surface area contributed by atoms with Gasteiger partial charge in [0.05, 0.1) is 11.3 Å². The van der Waals surface area contributed by atoms with Gasteiger partial charge in [-0.25, -0.2) is 0 Å². The summed E-state index contributed by atoms with van der Waals surface area (Å²) in [6.07, 6.45) is 8.23. The van der Waals surface area contributed by atoms with Crippen LogP contribution in [-0.4, -0.2) is 46.2 Å². The topological polar surface area (TPSA) is 77.8 Å². The predicted molar refractivity (Wildman–Crippen MR) is 88.4 cm³/mol. The first-order valence-electron chi connectivity index (χ1n) is 9.33. The Morgan fingerprint density at radius 2 is 1.83 bits per heavy atom. The van der Waals surface area contributed by atoms with Gasteiger partial charge >= 0.3 is 11.9 Å². The number of carboxylic acid groups (broad SMARTS) is 2. The van der Waals surface area contributed by atoms with Crippen molar-refractivity contribution < 1.29 is 19.8 Å². The van der Waals surface area contributed by atoms with Gasteiger partial charge in [0.15, 0.2) is 0 Å². The maximum absolute atomic E-state index is 12.4. The second-order valence-corrected chi connectivity index (χ2v) is 8.40. The summed E-state index contributed by atoms with van der Waals surface area (Å²) >= 11 is 0. The molecule has 1 saturated carbocycles. The number of aliphatic carboxylic acids is 2. The van der Waals surface area contributed by atoms with Crippen molar-refractivity contribution in [3.8, 4) is 0 Å². The highest BCUT2D eigenvalue weighted by molar-refractivity contribution is 5.79. The van der Waals surface area contributed by atoms with E-state index in [9.17, 15) is 19.8 Å². The first-order chi connectivity index (χ1) is 11.4. The third-order valence-electron chi connectivity index (χ3n) is 7.58. The van der Waals surface area contributed by atoms with Crippen LogP contribution in [0.3, 0.4) is 0 Å². The highest BCUT2D eigenvalue weighted by atomic mass is 16.4. The van der Waals surface area contributed by atoms with E-state index in [0.29, 0.717) is 18.8 Å². The molecule has 0 aromatic rings. The van der Waals surface area contributed by atoms with Crippen LogP contribution in [0.2, 0.25) is 0 Å². The minimum atomic E-state index is -0.887. The Balaban J connectivity index is 1.71. The molecule has 2 bridgehead atoms. The van der Waals surface area contributed by atoms with E-state index in [-0.39, 0.29) is 29.7 Å². The van der Waals surface area contributed by atoms with Crippen LogP contribution in [0.4, 0.5) is 0 Å². The molecular weight excluding hydrogens is 306 g/mol. The van der Waals surface area contributed by atoms with Gasteiger partial charge in [-0.3, -0.25) is 9.59 Å². The number of carboxylic acids is 2. The molecule has 2 aliphatic carbocycles. The van der Waals surface area contributed by atoms with Crippen LogP contribution >= 0.6 is 0 Å². The molecule has 3 saturated heterocycles. The van der Waals surface area contributed by atoms with Crippen LogP contribution in [0.25, 0.3) is 0 Å². The summed E-state index contributed by atoms with van der Waals surface area (Å²) in [5.74, 6) is -1.11. The molecule has 24 heavy (non-hydrogen) atoms.